The molecular weight excluding hydrogens is 278 g/mol. The number of nitrogens with two attached hydrogens (primary N) is 1. The quantitative estimate of drug-likeness (QED) is 0.890. The van der Waals surface area contributed by atoms with E-state index in [9.17, 15) is 9.59 Å². The van der Waals surface area contributed by atoms with Gasteiger partial charge in [0.05, 0.1) is 6.54 Å². The molecular formula is C14H20ClN3O2. The van der Waals surface area contributed by atoms with E-state index in [2.05, 4.69) is 5.32 Å². The Balaban J connectivity index is 0.00000200. The largest absolute Gasteiger partial charge is 0.339 e. The number of nitrogens with zero attached hydrogens (tertiary/aromatic N) is 1. The van der Waals surface area contributed by atoms with E-state index in [1.54, 1.807) is 24.3 Å². The third-order valence-corrected chi connectivity index (χ3v) is 3.22. The van der Waals surface area contributed by atoms with Crippen molar-refractivity contribution in [2.45, 2.75) is 19.3 Å². The molecule has 0 spiro atoms. The van der Waals surface area contributed by atoms with Gasteiger partial charge in [0.2, 0.25) is 5.91 Å². The van der Waals surface area contributed by atoms with E-state index in [1.807, 2.05) is 4.90 Å². The first-order valence-corrected chi connectivity index (χ1v) is 6.60. The fourth-order valence-electron chi connectivity index (χ4n) is 2.22. The average molecular weight is 298 g/mol. The molecule has 1 aliphatic rings. The molecule has 1 aromatic carbocycles. The van der Waals surface area contributed by atoms with Gasteiger partial charge >= 0.3 is 0 Å². The summed E-state index contributed by atoms with van der Waals surface area (Å²) in [6.07, 6.45) is 3.32. The van der Waals surface area contributed by atoms with Crippen LogP contribution < -0.4 is 11.1 Å². The number of anilines is 1. The van der Waals surface area contributed by atoms with Gasteiger partial charge in [0.25, 0.3) is 5.91 Å². The van der Waals surface area contributed by atoms with Crippen molar-refractivity contribution < 1.29 is 9.59 Å². The van der Waals surface area contributed by atoms with Crippen molar-refractivity contribution in [3.8, 4) is 0 Å². The molecule has 0 atom stereocenters. The summed E-state index contributed by atoms with van der Waals surface area (Å²) in [5, 5.41) is 2.66. The molecule has 1 aliphatic heterocycles. The van der Waals surface area contributed by atoms with Gasteiger partial charge in [0, 0.05) is 24.3 Å². The van der Waals surface area contributed by atoms with Crippen molar-refractivity contribution in [2.24, 2.45) is 5.73 Å². The molecule has 110 valence electrons. The summed E-state index contributed by atoms with van der Waals surface area (Å²) >= 11 is 0. The fourth-order valence-corrected chi connectivity index (χ4v) is 2.22. The van der Waals surface area contributed by atoms with Crippen molar-refractivity contribution in [2.75, 3.05) is 25.0 Å². The van der Waals surface area contributed by atoms with Crippen molar-refractivity contribution in [3.63, 3.8) is 0 Å². The molecule has 0 aromatic heterocycles. The Bertz CT molecular complexity index is 473. The first kappa shape index (κ1) is 16.5. The highest BCUT2D eigenvalue weighted by Gasteiger charge is 2.18. The maximum atomic E-state index is 12.3. The number of nitrogens with one attached hydrogen (secondary N) is 1. The van der Waals surface area contributed by atoms with Crippen LogP contribution in [0.15, 0.2) is 24.3 Å². The molecule has 0 aliphatic carbocycles. The van der Waals surface area contributed by atoms with Gasteiger partial charge in [0.1, 0.15) is 0 Å². The molecule has 0 radical (unpaired) electrons. The number of carbonyl (C=O) groups is 2. The summed E-state index contributed by atoms with van der Waals surface area (Å²) < 4.78 is 0. The zero-order valence-corrected chi connectivity index (χ0v) is 12.1. The van der Waals surface area contributed by atoms with E-state index in [0.29, 0.717) is 11.3 Å². The van der Waals surface area contributed by atoms with Gasteiger partial charge in [-0.15, -0.1) is 12.4 Å². The molecule has 0 saturated carbocycles. The minimum Gasteiger partial charge on any atom is -0.339 e. The van der Waals surface area contributed by atoms with Crippen LogP contribution in [0, 0.1) is 0 Å². The number of rotatable bonds is 3. The van der Waals surface area contributed by atoms with Gasteiger partial charge in [-0.25, -0.2) is 0 Å². The third-order valence-electron chi connectivity index (χ3n) is 3.22. The van der Waals surface area contributed by atoms with E-state index in [1.165, 1.54) is 6.42 Å². The Hall–Kier alpha value is -1.59. The summed E-state index contributed by atoms with van der Waals surface area (Å²) in [5.74, 6) is -0.230. The maximum absolute atomic E-state index is 12.3. The molecule has 0 bridgehead atoms. The lowest BCUT2D eigenvalue weighted by molar-refractivity contribution is -0.114. The van der Waals surface area contributed by atoms with Crippen molar-refractivity contribution in [1.29, 1.82) is 0 Å². The topological polar surface area (TPSA) is 75.4 Å². The fraction of sp³-hybridized carbons (Fsp3) is 0.429. The number of piperidine rings is 1. The number of carbonyl (C=O) groups excluding carboxylic acids is 2. The Morgan fingerprint density at radius 3 is 2.55 bits per heavy atom. The summed E-state index contributed by atoms with van der Waals surface area (Å²) in [6.45, 7) is 1.57. The molecule has 1 aromatic rings. The maximum Gasteiger partial charge on any atom is 0.253 e. The van der Waals surface area contributed by atoms with Crippen molar-refractivity contribution in [3.05, 3.63) is 29.8 Å². The van der Waals surface area contributed by atoms with Gasteiger partial charge in [0.15, 0.2) is 0 Å². The lowest BCUT2D eigenvalue weighted by atomic mass is 10.1. The summed E-state index contributed by atoms with van der Waals surface area (Å²) in [7, 11) is 0. The minimum absolute atomic E-state index is 0. The second-order valence-electron chi connectivity index (χ2n) is 4.69. The molecule has 2 amide bonds. The van der Waals surface area contributed by atoms with E-state index < -0.39 is 0 Å². The number of likely N-dealkylation sites (tertiary alicyclic amines) is 1. The smallest absolute Gasteiger partial charge is 0.253 e. The second-order valence-corrected chi connectivity index (χ2v) is 4.69. The van der Waals surface area contributed by atoms with Gasteiger partial charge in [-0.3, -0.25) is 9.59 Å². The van der Waals surface area contributed by atoms with Crippen LogP contribution >= 0.6 is 12.4 Å². The third kappa shape index (κ3) is 4.21. The molecule has 0 unspecified atom stereocenters. The lowest BCUT2D eigenvalue weighted by Crippen LogP contribution is -2.35. The number of hydrogen-bond donors (Lipinski definition) is 2. The summed E-state index contributed by atoms with van der Waals surface area (Å²) in [5.41, 5.74) is 6.47. The standard InChI is InChI=1S/C14H19N3O2.ClH/c15-10-13(18)16-12-6-4-5-11(9-12)14(19)17-7-2-1-3-8-17;/h4-6,9H,1-3,7-8,10,15H2,(H,16,18);1H. The van der Waals surface area contributed by atoms with Crippen LogP contribution in [0.2, 0.25) is 0 Å². The van der Waals surface area contributed by atoms with Gasteiger partial charge in [-0.05, 0) is 37.5 Å². The average Bonchev–Trinajstić information content (AvgIpc) is 2.47. The minimum atomic E-state index is -0.262. The van der Waals surface area contributed by atoms with Crippen molar-refractivity contribution in [1.82, 2.24) is 4.90 Å². The molecule has 1 heterocycles. The molecule has 1 fully saturated rings. The van der Waals surface area contributed by atoms with Crippen LogP contribution in [-0.2, 0) is 4.79 Å². The van der Waals surface area contributed by atoms with Gasteiger partial charge in [-0.1, -0.05) is 6.07 Å². The molecule has 5 nitrogen and oxygen atoms in total. The van der Waals surface area contributed by atoms with Crippen LogP contribution in [0.3, 0.4) is 0 Å². The van der Waals surface area contributed by atoms with Crippen LogP contribution in [0.5, 0.6) is 0 Å². The molecule has 1 saturated heterocycles. The van der Waals surface area contributed by atoms with Gasteiger partial charge < -0.3 is 16.0 Å². The lowest BCUT2D eigenvalue weighted by Gasteiger charge is -2.26. The molecule has 3 N–H and O–H groups in total. The monoisotopic (exact) mass is 297 g/mol. The van der Waals surface area contributed by atoms with E-state index in [0.717, 1.165) is 25.9 Å². The van der Waals surface area contributed by atoms with Gasteiger partial charge in [-0.2, -0.15) is 0 Å². The van der Waals surface area contributed by atoms with E-state index in [-0.39, 0.29) is 30.8 Å². The van der Waals surface area contributed by atoms with Crippen LogP contribution in [-0.4, -0.2) is 36.3 Å². The Morgan fingerprint density at radius 2 is 1.90 bits per heavy atom. The highest BCUT2D eigenvalue weighted by Crippen LogP contribution is 2.16. The first-order valence-electron chi connectivity index (χ1n) is 6.60. The molecule has 2 rings (SSSR count). The number of halogens is 1. The van der Waals surface area contributed by atoms with Crippen molar-refractivity contribution >= 4 is 29.9 Å². The van der Waals surface area contributed by atoms with E-state index >= 15 is 0 Å². The summed E-state index contributed by atoms with van der Waals surface area (Å²) in [6, 6.07) is 6.99. The molecule has 6 heteroatoms. The number of hydrogen-bond acceptors (Lipinski definition) is 3. The zero-order valence-electron chi connectivity index (χ0n) is 11.3. The zero-order chi connectivity index (χ0) is 13.7. The highest BCUT2D eigenvalue weighted by atomic mass is 35.5. The Labute approximate surface area is 124 Å². The SMILES string of the molecule is Cl.NCC(=O)Nc1cccc(C(=O)N2CCCCC2)c1. The predicted octanol–water partition coefficient (Wildman–Crippen LogP) is 1.63. The predicted molar refractivity (Wildman–Crippen MR) is 81.1 cm³/mol. The summed E-state index contributed by atoms with van der Waals surface area (Å²) in [4.78, 5) is 25.4. The van der Waals surface area contributed by atoms with Crippen LogP contribution in [0.4, 0.5) is 5.69 Å². The van der Waals surface area contributed by atoms with Crippen LogP contribution in [0.25, 0.3) is 0 Å². The molecule has 20 heavy (non-hydrogen) atoms. The number of benzene rings is 1. The Morgan fingerprint density at radius 1 is 1.20 bits per heavy atom. The highest BCUT2D eigenvalue weighted by molar-refractivity contribution is 5.97. The normalized spacial score (nSPS) is 14.3. The second kappa shape index (κ2) is 7.87. The van der Waals surface area contributed by atoms with E-state index in [4.69, 9.17) is 5.73 Å². The Kier molecular flexibility index (Phi) is 6.48. The van der Waals surface area contributed by atoms with Crippen LogP contribution in [0.1, 0.15) is 29.6 Å². The number of amides is 2. The first-order chi connectivity index (χ1) is 9.20.